The fourth-order valence-electron chi connectivity index (χ4n) is 1.43. The molecule has 1 aromatic heterocycles. The van der Waals surface area contributed by atoms with E-state index >= 15 is 0 Å². The zero-order chi connectivity index (χ0) is 10.7. The van der Waals surface area contributed by atoms with Crippen LogP contribution in [0.3, 0.4) is 0 Å². The quantitative estimate of drug-likeness (QED) is 0.662. The maximum absolute atomic E-state index is 8.75. The summed E-state index contributed by atoms with van der Waals surface area (Å²) in [6.45, 7) is 1.76. The Labute approximate surface area is 92.3 Å². The average Bonchev–Trinajstić information content (AvgIpc) is 2.29. The van der Waals surface area contributed by atoms with Gasteiger partial charge in [0.1, 0.15) is 17.3 Å². The van der Waals surface area contributed by atoms with E-state index in [9.17, 15) is 0 Å². The number of nitrogens with zero attached hydrogens (tertiary/aromatic N) is 4. The topological polar surface area (TPSA) is 62.0 Å². The Morgan fingerprint density at radius 3 is 3.20 bits per heavy atom. The van der Waals surface area contributed by atoms with Crippen molar-refractivity contribution in [2.24, 2.45) is 0 Å². The van der Waals surface area contributed by atoms with Crippen LogP contribution < -0.4 is 4.90 Å². The second-order valence-corrected chi connectivity index (χ2v) is 3.52. The number of nitriles is 1. The molecule has 0 bridgehead atoms. The number of hydrogen-bond acceptors (Lipinski definition) is 5. The summed E-state index contributed by atoms with van der Waals surface area (Å²) in [5, 5.41) is 9.15. The molecule has 0 spiro atoms. The fourth-order valence-corrected chi connectivity index (χ4v) is 1.57. The van der Waals surface area contributed by atoms with Crippen LogP contribution >= 0.6 is 11.6 Å². The number of morpholine rings is 1. The summed E-state index contributed by atoms with van der Waals surface area (Å²) < 4.78 is 5.23. The van der Waals surface area contributed by atoms with Crippen LogP contribution in [-0.4, -0.2) is 35.8 Å². The van der Waals surface area contributed by atoms with E-state index in [1.165, 1.54) is 6.33 Å². The summed E-state index contributed by atoms with van der Waals surface area (Å²) in [5.41, 5.74) is 0. The predicted molar refractivity (Wildman–Crippen MR) is 54.6 cm³/mol. The molecule has 0 aromatic carbocycles. The van der Waals surface area contributed by atoms with Crippen molar-refractivity contribution < 1.29 is 4.74 Å². The minimum atomic E-state index is -0.396. The van der Waals surface area contributed by atoms with Gasteiger partial charge in [-0.25, -0.2) is 9.97 Å². The average molecular weight is 225 g/mol. The standard InChI is InChI=1S/C9H9ClN4O/c10-8-3-9(13-6-12-8)14-1-2-15-7(4-11)5-14/h3,6-7H,1-2,5H2. The second-order valence-electron chi connectivity index (χ2n) is 3.13. The van der Waals surface area contributed by atoms with Crippen LogP contribution in [0.15, 0.2) is 12.4 Å². The fraction of sp³-hybridized carbons (Fsp3) is 0.444. The predicted octanol–water partition coefficient (Wildman–Crippen LogP) is 0.859. The van der Waals surface area contributed by atoms with Crippen molar-refractivity contribution in [1.82, 2.24) is 9.97 Å². The van der Waals surface area contributed by atoms with Gasteiger partial charge in [0, 0.05) is 12.6 Å². The lowest BCUT2D eigenvalue weighted by atomic mass is 10.3. The van der Waals surface area contributed by atoms with E-state index in [2.05, 4.69) is 16.0 Å². The summed E-state index contributed by atoms with van der Waals surface area (Å²) in [6.07, 6.45) is 1.02. The molecule has 78 valence electrons. The van der Waals surface area contributed by atoms with Crippen LogP contribution in [0, 0.1) is 11.3 Å². The van der Waals surface area contributed by atoms with Gasteiger partial charge in [-0.05, 0) is 0 Å². The van der Waals surface area contributed by atoms with Gasteiger partial charge in [0.05, 0.1) is 19.2 Å². The summed E-state index contributed by atoms with van der Waals surface area (Å²) in [6, 6.07) is 3.76. The first-order valence-electron chi connectivity index (χ1n) is 4.53. The van der Waals surface area contributed by atoms with Crippen LogP contribution in [0.1, 0.15) is 0 Å². The van der Waals surface area contributed by atoms with Crippen molar-refractivity contribution >= 4 is 17.4 Å². The van der Waals surface area contributed by atoms with E-state index in [4.69, 9.17) is 21.6 Å². The van der Waals surface area contributed by atoms with Gasteiger partial charge < -0.3 is 9.64 Å². The van der Waals surface area contributed by atoms with E-state index < -0.39 is 6.10 Å². The van der Waals surface area contributed by atoms with Crippen molar-refractivity contribution in [2.75, 3.05) is 24.6 Å². The molecule has 1 aromatic rings. The Bertz CT molecular complexity index is 392. The Morgan fingerprint density at radius 2 is 2.47 bits per heavy atom. The highest BCUT2D eigenvalue weighted by Gasteiger charge is 2.20. The van der Waals surface area contributed by atoms with Crippen molar-refractivity contribution in [1.29, 1.82) is 5.26 Å². The van der Waals surface area contributed by atoms with Gasteiger partial charge in [-0.3, -0.25) is 0 Å². The maximum atomic E-state index is 8.75. The second kappa shape index (κ2) is 4.43. The largest absolute Gasteiger partial charge is 0.360 e. The molecule has 1 fully saturated rings. The number of aromatic nitrogens is 2. The third-order valence-electron chi connectivity index (χ3n) is 2.15. The summed E-state index contributed by atoms with van der Waals surface area (Å²) in [4.78, 5) is 9.87. The number of ether oxygens (including phenoxy) is 1. The monoisotopic (exact) mass is 224 g/mol. The van der Waals surface area contributed by atoms with E-state index in [1.807, 2.05) is 4.90 Å². The Kier molecular flexibility index (Phi) is 2.99. The molecule has 1 aliphatic heterocycles. The molecule has 2 rings (SSSR count). The highest BCUT2D eigenvalue weighted by atomic mass is 35.5. The van der Waals surface area contributed by atoms with Crippen molar-refractivity contribution in [3.05, 3.63) is 17.5 Å². The molecule has 0 amide bonds. The van der Waals surface area contributed by atoms with Crippen LogP contribution in [0.2, 0.25) is 5.15 Å². The number of rotatable bonds is 1. The van der Waals surface area contributed by atoms with Gasteiger partial charge in [0.2, 0.25) is 0 Å². The number of anilines is 1. The molecule has 6 heteroatoms. The molecule has 1 saturated heterocycles. The van der Waals surface area contributed by atoms with Gasteiger partial charge in [-0.1, -0.05) is 11.6 Å². The van der Waals surface area contributed by atoms with Crippen LogP contribution in [-0.2, 0) is 4.74 Å². The first kappa shape index (κ1) is 10.1. The van der Waals surface area contributed by atoms with Gasteiger partial charge >= 0.3 is 0 Å². The molecule has 15 heavy (non-hydrogen) atoms. The zero-order valence-corrected chi connectivity index (χ0v) is 8.68. The summed E-state index contributed by atoms with van der Waals surface area (Å²) >= 11 is 5.76. The Morgan fingerprint density at radius 1 is 1.60 bits per heavy atom. The lowest BCUT2D eigenvalue weighted by Gasteiger charge is -2.30. The lowest BCUT2D eigenvalue weighted by molar-refractivity contribution is 0.0761. The molecule has 0 N–H and O–H groups in total. The third kappa shape index (κ3) is 2.35. The molecule has 1 aliphatic rings. The van der Waals surface area contributed by atoms with Crippen molar-refractivity contribution in [3.63, 3.8) is 0 Å². The minimum absolute atomic E-state index is 0.396. The van der Waals surface area contributed by atoms with E-state index in [1.54, 1.807) is 6.07 Å². The van der Waals surface area contributed by atoms with Crippen molar-refractivity contribution in [3.8, 4) is 6.07 Å². The van der Waals surface area contributed by atoms with Gasteiger partial charge in [-0.2, -0.15) is 5.26 Å². The lowest BCUT2D eigenvalue weighted by Crippen LogP contribution is -2.42. The van der Waals surface area contributed by atoms with E-state index in [0.717, 1.165) is 5.82 Å². The maximum Gasteiger partial charge on any atom is 0.161 e. The first-order valence-corrected chi connectivity index (χ1v) is 4.91. The molecular formula is C9H9ClN4O. The smallest absolute Gasteiger partial charge is 0.161 e. The minimum Gasteiger partial charge on any atom is -0.360 e. The molecular weight excluding hydrogens is 216 g/mol. The normalized spacial score (nSPS) is 21.1. The number of hydrogen-bond donors (Lipinski definition) is 0. The molecule has 0 saturated carbocycles. The van der Waals surface area contributed by atoms with Crippen LogP contribution in [0.25, 0.3) is 0 Å². The van der Waals surface area contributed by atoms with Crippen LogP contribution in [0.4, 0.5) is 5.82 Å². The van der Waals surface area contributed by atoms with E-state index in [-0.39, 0.29) is 0 Å². The highest BCUT2D eigenvalue weighted by molar-refractivity contribution is 6.29. The van der Waals surface area contributed by atoms with Gasteiger partial charge in [0.15, 0.2) is 6.10 Å². The van der Waals surface area contributed by atoms with Gasteiger partial charge in [-0.15, -0.1) is 0 Å². The van der Waals surface area contributed by atoms with Crippen LogP contribution in [0.5, 0.6) is 0 Å². The van der Waals surface area contributed by atoms with Crippen molar-refractivity contribution in [2.45, 2.75) is 6.10 Å². The molecule has 2 heterocycles. The molecule has 0 aliphatic carbocycles. The molecule has 1 unspecified atom stereocenters. The molecule has 5 nitrogen and oxygen atoms in total. The molecule has 1 atom stereocenters. The zero-order valence-electron chi connectivity index (χ0n) is 7.93. The summed E-state index contributed by atoms with van der Waals surface area (Å²) in [7, 11) is 0. The Hall–Kier alpha value is -1.38. The van der Waals surface area contributed by atoms with E-state index in [0.29, 0.717) is 24.8 Å². The third-order valence-corrected chi connectivity index (χ3v) is 2.36. The number of halogens is 1. The first-order chi connectivity index (χ1) is 7.29. The summed E-state index contributed by atoms with van der Waals surface area (Å²) in [5.74, 6) is 0.735. The molecule has 0 radical (unpaired) electrons. The SMILES string of the molecule is N#CC1CN(c2cc(Cl)ncn2)CCO1. The Balaban J connectivity index is 2.14. The highest BCUT2D eigenvalue weighted by Crippen LogP contribution is 2.16. The van der Waals surface area contributed by atoms with Gasteiger partial charge in [0.25, 0.3) is 0 Å².